The Morgan fingerprint density at radius 2 is 2.20 bits per heavy atom. The number of halogens is 3. The average Bonchev–Trinajstić information content (AvgIpc) is 1.82. The zero-order chi connectivity index (χ0) is 7.72. The summed E-state index contributed by atoms with van der Waals surface area (Å²) in [5.41, 5.74) is 0.644. The predicted octanol–water partition coefficient (Wildman–Crippen LogP) is 3.30. The van der Waals surface area contributed by atoms with E-state index in [0.717, 1.165) is 0 Å². The molecule has 0 saturated carbocycles. The summed E-state index contributed by atoms with van der Waals surface area (Å²) in [4.78, 5) is -0.394. The Labute approximate surface area is 72.2 Å². The molecule has 0 spiro atoms. The molecular weight excluding hydrogens is 218 g/mol. The van der Waals surface area contributed by atoms with Crippen molar-refractivity contribution in [2.75, 3.05) is 0 Å². The van der Waals surface area contributed by atoms with E-state index < -0.39 is 4.83 Å². The Hall–Kier alpha value is -0.0800. The maximum Gasteiger partial charge on any atom is 0.119 e. The van der Waals surface area contributed by atoms with E-state index in [9.17, 15) is 4.39 Å². The molecule has 3 heteroatoms. The number of allylic oxidation sites excluding steroid dienone is 5. The second-order valence-corrected chi connectivity index (χ2v) is 3.35. The highest BCUT2D eigenvalue weighted by Gasteiger charge is 2.16. The standard InChI is InChI=1S/C7H5BrClF/c1-4-2-5(9)3-6(10)7(4)8/h2-3,7H,1H2. The monoisotopic (exact) mass is 222 g/mol. The molecule has 0 aromatic carbocycles. The van der Waals surface area contributed by atoms with Crippen LogP contribution in [0.15, 0.2) is 35.2 Å². The molecule has 1 aliphatic rings. The average molecular weight is 223 g/mol. The number of alkyl halides is 1. The third-order valence-corrected chi connectivity index (χ3v) is 2.41. The lowest BCUT2D eigenvalue weighted by Gasteiger charge is -2.11. The molecule has 0 fully saturated rings. The van der Waals surface area contributed by atoms with Crippen LogP contribution in [0.3, 0.4) is 0 Å². The second-order valence-electron chi connectivity index (χ2n) is 2.00. The number of hydrogen-bond donors (Lipinski definition) is 0. The van der Waals surface area contributed by atoms with Crippen molar-refractivity contribution in [3.8, 4) is 0 Å². The van der Waals surface area contributed by atoms with Gasteiger partial charge >= 0.3 is 0 Å². The van der Waals surface area contributed by atoms with Crippen LogP contribution in [0.25, 0.3) is 0 Å². The predicted molar refractivity (Wildman–Crippen MR) is 45.0 cm³/mol. The van der Waals surface area contributed by atoms with Crippen LogP contribution in [0.2, 0.25) is 0 Å². The summed E-state index contributed by atoms with van der Waals surface area (Å²) in [6.45, 7) is 3.61. The van der Waals surface area contributed by atoms with Gasteiger partial charge in [-0.2, -0.15) is 0 Å². The lowest BCUT2D eigenvalue weighted by molar-refractivity contribution is 0.619. The van der Waals surface area contributed by atoms with Gasteiger partial charge in [0.25, 0.3) is 0 Å². The number of rotatable bonds is 0. The Morgan fingerprint density at radius 1 is 1.60 bits per heavy atom. The van der Waals surface area contributed by atoms with Crippen molar-refractivity contribution in [3.63, 3.8) is 0 Å². The van der Waals surface area contributed by atoms with Crippen molar-refractivity contribution in [2.45, 2.75) is 4.83 Å². The summed E-state index contributed by atoms with van der Waals surface area (Å²) in [5.74, 6) is -0.294. The van der Waals surface area contributed by atoms with Gasteiger partial charge in [0.15, 0.2) is 0 Å². The first-order chi connectivity index (χ1) is 4.61. The van der Waals surface area contributed by atoms with Gasteiger partial charge in [0, 0.05) is 5.03 Å². The zero-order valence-corrected chi connectivity index (χ0v) is 7.41. The van der Waals surface area contributed by atoms with Gasteiger partial charge in [0.05, 0.1) is 4.83 Å². The van der Waals surface area contributed by atoms with Gasteiger partial charge in [-0.05, 0) is 17.7 Å². The van der Waals surface area contributed by atoms with E-state index in [2.05, 4.69) is 22.5 Å². The summed E-state index contributed by atoms with van der Waals surface area (Å²) < 4.78 is 12.7. The lowest BCUT2D eigenvalue weighted by atomic mass is 10.1. The van der Waals surface area contributed by atoms with E-state index >= 15 is 0 Å². The molecule has 0 bridgehead atoms. The molecule has 0 radical (unpaired) electrons. The van der Waals surface area contributed by atoms with Crippen molar-refractivity contribution in [3.05, 3.63) is 35.2 Å². The topological polar surface area (TPSA) is 0 Å². The van der Waals surface area contributed by atoms with Gasteiger partial charge < -0.3 is 0 Å². The summed E-state index contributed by atoms with van der Waals surface area (Å²) in [6.07, 6.45) is 2.90. The van der Waals surface area contributed by atoms with Crippen LogP contribution in [-0.4, -0.2) is 4.83 Å². The van der Waals surface area contributed by atoms with Crippen LogP contribution >= 0.6 is 27.5 Å². The van der Waals surface area contributed by atoms with Crippen LogP contribution in [0.1, 0.15) is 0 Å². The summed E-state index contributed by atoms with van der Waals surface area (Å²) in [5, 5.41) is 0.387. The normalized spacial score (nSPS) is 25.9. The van der Waals surface area contributed by atoms with Crippen LogP contribution in [0, 0.1) is 0 Å². The van der Waals surface area contributed by atoms with Gasteiger partial charge in [0.1, 0.15) is 5.83 Å². The minimum atomic E-state index is -0.394. The molecule has 0 nitrogen and oxygen atoms in total. The molecule has 0 aliphatic heterocycles. The first kappa shape index (κ1) is 8.02. The Bertz CT molecular complexity index is 230. The minimum Gasteiger partial charge on any atom is -0.210 e. The maximum atomic E-state index is 12.7. The fourth-order valence-electron chi connectivity index (χ4n) is 0.674. The fourth-order valence-corrected chi connectivity index (χ4v) is 1.18. The number of hydrogen-bond acceptors (Lipinski definition) is 0. The van der Waals surface area contributed by atoms with Crippen molar-refractivity contribution in [1.82, 2.24) is 0 Å². The molecule has 1 aliphatic carbocycles. The molecule has 1 atom stereocenters. The highest BCUT2D eigenvalue weighted by atomic mass is 79.9. The SMILES string of the molecule is C=C1C=C(Cl)C=C(F)C1Br. The molecule has 10 heavy (non-hydrogen) atoms. The molecule has 54 valence electrons. The summed E-state index contributed by atoms with van der Waals surface area (Å²) in [6, 6.07) is 0. The zero-order valence-electron chi connectivity index (χ0n) is 5.07. The summed E-state index contributed by atoms with van der Waals surface area (Å²) in [7, 11) is 0. The van der Waals surface area contributed by atoms with Crippen molar-refractivity contribution >= 4 is 27.5 Å². The van der Waals surface area contributed by atoms with Crippen LogP contribution in [0.5, 0.6) is 0 Å². The third kappa shape index (κ3) is 1.50. The molecular formula is C7H5BrClF. The molecule has 0 N–H and O–H groups in total. The maximum absolute atomic E-state index is 12.7. The van der Waals surface area contributed by atoms with Gasteiger partial charge in [0.2, 0.25) is 0 Å². The van der Waals surface area contributed by atoms with E-state index in [1.807, 2.05) is 0 Å². The molecule has 0 saturated heterocycles. The van der Waals surface area contributed by atoms with E-state index in [-0.39, 0.29) is 5.83 Å². The molecule has 0 heterocycles. The second kappa shape index (κ2) is 2.89. The molecule has 1 rings (SSSR count). The Morgan fingerprint density at radius 3 is 2.70 bits per heavy atom. The smallest absolute Gasteiger partial charge is 0.119 e. The quantitative estimate of drug-likeness (QED) is 0.553. The van der Waals surface area contributed by atoms with Gasteiger partial charge in [-0.1, -0.05) is 34.1 Å². The van der Waals surface area contributed by atoms with E-state index in [0.29, 0.717) is 10.6 Å². The largest absolute Gasteiger partial charge is 0.210 e. The molecule has 0 amide bonds. The summed E-state index contributed by atoms with van der Waals surface area (Å²) >= 11 is 8.64. The molecule has 0 aromatic heterocycles. The highest BCUT2D eigenvalue weighted by molar-refractivity contribution is 9.09. The fraction of sp³-hybridized carbons (Fsp3) is 0.143. The van der Waals surface area contributed by atoms with E-state index in [1.165, 1.54) is 6.08 Å². The first-order valence-corrected chi connectivity index (χ1v) is 3.98. The van der Waals surface area contributed by atoms with Crippen molar-refractivity contribution in [1.29, 1.82) is 0 Å². The van der Waals surface area contributed by atoms with Crippen LogP contribution < -0.4 is 0 Å². The lowest BCUT2D eigenvalue weighted by Crippen LogP contribution is -2.03. The van der Waals surface area contributed by atoms with E-state index in [1.54, 1.807) is 6.08 Å². The van der Waals surface area contributed by atoms with Gasteiger partial charge in [-0.15, -0.1) is 0 Å². The Kier molecular flexibility index (Phi) is 2.32. The molecule has 1 unspecified atom stereocenters. The Balaban J connectivity index is 2.95. The highest BCUT2D eigenvalue weighted by Crippen LogP contribution is 2.29. The first-order valence-electron chi connectivity index (χ1n) is 2.68. The minimum absolute atomic E-state index is 0.294. The van der Waals surface area contributed by atoms with Crippen LogP contribution in [0.4, 0.5) is 4.39 Å². The van der Waals surface area contributed by atoms with Crippen molar-refractivity contribution < 1.29 is 4.39 Å². The van der Waals surface area contributed by atoms with Gasteiger partial charge in [-0.3, -0.25) is 0 Å². The van der Waals surface area contributed by atoms with Gasteiger partial charge in [-0.25, -0.2) is 4.39 Å². The van der Waals surface area contributed by atoms with E-state index in [4.69, 9.17) is 11.6 Å². The third-order valence-electron chi connectivity index (χ3n) is 1.17. The van der Waals surface area contributed by atoms with Crippen molar-refractivity contribution in [2.24, 2.45) is 0 Å². The molecule has 0 aromatic rings. The van der Waals surface area contributed by atoms with Crippen LogP contribution in [-0.2, 0) is 0 Å².